The molecule has 1 rings (SSSR count). The first-order chi connectivity index (χ1) is 13.5. The van der Waals surface area contributed by atoms with Crippen molar-refractivity contribution in [3.8, 4) is 0 Å². The molecule has 5 heteroatoms. The first-order valence-electron chi connectivity index (χ1n) is 10.9. The summed E-state index contributed by atoms with van der Waals surface area (Å²) in [6.45, 7) is 2.16. The van der Waals surface area contributed by atoms with E-state index in [2.05, 4.69) is 6.92 Å². The van der Waals surface area contributed by atoms with Crippen LogP contribution in [-0.2, 0) is 9.59 Å². The summed E-state index contributed by atoms with van der Waals surface area (Å²) in [5.41, 5.74) is 0. The fraction of sp³-hybridized carbons (Fsp3) is 0.739. The number of allylic oxidation sites excluding steroid dienone is 3. The number of aliphatic carboxylic acids is 1. The summed E-state index contributed by atoms with van der Waals surface area (Å²) in [7, 11) is 0. The molecular weight excluding hydrogens is 356 g/mol. The Kier molecular flexibility index (Phi) is 12.8. The molecule has 0 radical (unpaired) electrons. The molecule has 4 atom stereocenters. The highest BCUT2D eigenvalue weighted by Crippen LogP contribution is 2.37. The molecule has 0 spiro atoms. The van der Waals surface area contributed by atoms with Gasteiger partial charge in [-0.1, -0.05) is 63.3 Å². The molecule has 28 heavy (non-hydrogen) atoms. The SMILES string of the molecule is CCCCCCCC(O)C=C[C@@H]1[C@@H](CO)CC(=O)[C@H]1CC=CCCCC(=O)O. The largest absolute Gasteiger partial charge is 0.481 e. The Morgan fingerprint density at radius 2 is 1.93 bits per heavy atom. The summed E-state index contributed by atoms with van der Waals surface area (Å²) in [5, 5.41) is 28.5. The molecule has 0 amide bonds. The molecular formula is C23H38O5. The van der Waals surface area contributed by atoms with E-state index in [9.17, 15) is 19.8 Å². The van der Waals surface area contributed by atoms with Crippen LogP contribution >= 0.6 is 0 Å². The Morgan fingerprint density at radius 1 is 1.18 bits per heavy atom. The predicted octanol–water partition coefficient (Wildman–Crippen LogP) is 4.28. The Labute approximate surface area is 169 Å². The van der Waals surface area contributed by atoms with E-state index in [1.807, 2.05) is 18.2 Å². The average molecular weight is 395 g/mol. The van der Waals surface area contributed by atoms with Crippen molar-refractivity contribution in [2.45, 2.75) is 83.7 Å². The molecule has 5 nitrogen and oxygen atoms in total. The van der Waals surface area contributed by atoms with E-state index in [-0.39, 0.29) is 36.6 Å². The van der Waals surface area contributed by atoms with Crippen LogP contribution in [0.15, 0.2) is 24.3 Å². The molecule has 1 unspecified atom stereocenters. The van der Waals surface area contributed by atoms with E-state index in [1.54, 1.807) is 6.08 Å². The van der Waals surface area contributed by atoms with Crippen molar-refractivity contribution in [2.24, 2.45) is 17.8 Å². The zero-order valence-corrected chi connectivity index (χ0v) is 17.3. The molecule has 0 aromatic carbocycles. The van der Waals surface area contributed by atoms with Crippen LogP contribution in [0.2, 0.25) is 0 Å². The lowest BCUT2D eigenvalue weighted by Crippen LogP contribution is -2.18. The highest BCUT2D eigenvalue weighted by Gasteiger charge is 2.39. The second-order valence-electron chi connectivity index (χ2n) is 7.95. The number of carbonyl (C=O) groups is 2. The number of aliphatic hydroxyl groups is 2. The summed E-state index contributed by atoms with van der Waals surface area (Å²) in [5.74, 6) is -0.917. The van der Waals surface area contributed by atoms with Gasteiger partial charge in [-0.25, -0.2) is 0 Å². The van der Waals surface area contributed by atoms with Gasteiger partial charge in [0.05, 0.1) is 6.10 Å². The maximum atomic E-state index is 12.4. The number of carboxylic acids is 1. The number of aliphatic hydroxyl groups excluding tert-OH is 2. The fourth-order valence-corrected chi connectivity index (χ4v) is 3.90. The van der Waals surface area contributed by atoms with Crippen LogP contribution in [-0.4, -0.2) is 39.8 Å². The minimum absolute atomic E-state index is 0.0211. The summed E-state index contributed by atoms with van der Waals surface area (Å²) in [6, 6.07) is 0. The molecule has 0 heterocycles. The monoisotopic (exact) mass is 394 g/mol. The quantitative estimate of drug-likeness (QED) is 0.285. The Bertz CT molecular complexity index is 511. The zero-order chi connectivity index (χ0) is 20.8. The van der Waals surface area contributed by atoms with Crippen molar-refractivity contribution in [3.05, 3.63) is 24.3 Å². The number of carbonyl (C=O) groups excluding carboxylic acids is 1. The number of unbranched alkanes of at least 4 members (excludes halogenated alkanes) is 5. The van der Waals surface area contributed by atoms with E-state index in [0.29, 0.717) is 25.7 Å². The maximum absolute atomic E-state index is 12.4. The summed E-state index contributed by atoms with van der Waals surface area (Å²) in [4.78, 5) is 22.9. The van der Waals surface area contributed by atoms with Crippen LogP contribution in [0.25, 0.3) is 0 Å². The average Bonchev–Trinajstić information content (AvgIpc) is 2.97. The van der Waals surface area contributed by atoms with Crippen LogP contribution in [0.3, 0.4) is 0 Å². The van der Waals surface area contributed by atoms with Crippen LogP contribution < -0.4 is 0 Å². The van der Waals surface area contributed by atoms with Crippen LogP contribution in [0.4, 0.5) is 0 Å². The minimum atomic E-state index is -0.792. The normalized spacial score (nSPS) is 23.8. The van der Waals surface area contributed by atoms with Gasteiger partial charge in [-0.05, 0) is 37.5 Å². The molecule has 0 saturated heterocycles. The Balaban J connectivity index is 2.50. The number of carboxylic acid groups (broad SMARTS) is 1. The highest BCUT2D eigenvalue weighted by atomic mass is 16.4. The van der Waals surface area contributed by atoms with Gasteiger partial charge >= 0.3 is 5.97 Å². The summed E-state index contributed by atoms with van der Waals surface area (Å²) in [6.07, 6.45) is 16.1. The van der Waals surface area contributed by atoms with Crippen molar-refractivity contribution in [1.29, 1.82) is 0 Å². The van der Waals surface area contributed by atoms with Crippen molar-refractivity contribution >= 4 is 11.8 Å². The van der Waals surface area contributed by atoms with Crippen molar-refractivity contribution < 1.29 is 24.9 Å². The van der Waals surface area contributed by atoms with E-state index in [4.69, 9.17) is 5.11 Å². The van der Waals surface area contributed by atoms with Gasteiger partial charge < -0.3 is 15.3 Å². The van der Waals surface area contributed by atoms with Gasteiger partial charge in [-0.3, -0.25) is 9.59 Å². The van der Waals surface area contributed by atoms with E-state index >= 15 is 0 Å². The molecule has 1 fully saturated rings. The number of hydrogen-bond acceptors (Lipinski definition) is 4. The molecule has 160 valence electrons. The van der Waals surface area contributed by atoms with Crippen molar-refractivity contribution in [1.82, 2.24) is 0 Å². The van der Waals surface area contributed by atoms with Gasteiger partial charge in [0, 0.05) is 25.4 Å². The van der Waals surface area contributed by atoms with Crippen molar-refractivity contribution in [3.63, 3.8) is 0 Å². The third-order valence-electron chi connectivity index (χ3n) is 5.60. The smallest absolute Gasteiger partial charge is 0.303 e. The predicted molar refractivity (Wildman–Crippen MR) is 111 cm³/mol. The second kappa shape index (κ2) is 14.5. The molecule has 0 aromatic heterocycles. The summed E-state index contributed by atoms with van der Waals surface area (Å²) >= 11 is 0. The van der Waals surface area contributed by atoms with E-state index in [0.717, 1.165) is 19.3 Å². The standard InChI is InChI=1S/C23H38O5/c1-2-3-4-5-8-11-19(25)14-15-20-18(17-24)16-22(26)21(20)12-9-6-7-10-13-23(27)28/h6,9,14-15,18-21,24-25H,2-5,7-8,10-13,16-17H2,1H3,(H,27,28)/t18-,19?,20-,21+/m1/s1. The topological polar surface area (TPSA) is 94.8 Å². The van der Waals surface area contributed by atoms with Gasteiger partial charge in [-0.15, -0.1) is 0 Å². The summed E-state index contributed by atoms with van der Waals surface area (Å²) < 4.78 is 0. The van der Waals surface area contributed by atoms with Gasteiger partial charge in [-0.2, -0.15) is 0 Å². The van der Waals surface area contributed by atoms with Gasteiger partial charge in [0.2, 0.25) is 0 Å². The van der Waals surface area contributed by atoms with Crippen molar-refractivity contribution in [2.75, 3.05) is 6.61 Å². The molecule has 1 aliphatic rings. The molecule has 0 aliphatic heterocycles. The van der Waals surface area contributed by atoms with Crippen LogP contribution in [0.1, 0.15) is 77.6 Å². The second-order valence-corrected chi connectivity index (χ2v) is 7.95. The number of ketones is 1. The molecule has 1 saturated carbocycles. The number of hydrogen-bond donors (Lipinski definition) is 3. The van der Waals surface area contributed by atoms with E-state index < -0.39 is 12.1 Å². The Hall–Kier alpha value is -1.46. The lowest BCUT2D eigenvalue weighted by Gasteiger charge is -2.19. The maximum Gasteiger partial charge on any atom is 0.303 e. The Morgan fingerprint density at radius 3 is 2.61 bits per heavy atom. The minimum Gasteiger partial charge on any atom is -0.481 e. The van der Waals surface area contributed by atoms with Gasteiger partial charge in [0.25, 0.3) is 0 Å². The first kappa shape index (κ1) is 24.6. The first-order valence-corrected chi connectivity index (χ1v) is 10.9. The third-order valence-corrected chi connectivity index (χ3v) is 5.60. The number of rotatable bonds is 15. The van der Waals surface area contributed by atoms with Crippen LogP contribution in [0.5, 0.6) is 0 Å². The lowest BCUT2D eigenvalue weighted by atomic mass is 9.86. The van der Waals surface area contributed by atoms with Crippen LogP contribution in [0, 0.1) is 17.8 Å². The zero-order valence-electron chi connectivity index (χ0n) is 17.3. The number of Topliss-reactive ketones (excluding diaryl/α,β-unsaturated/α-hetero) is 1. The van der Waals surface area contributed by atoms with Gasteiger partial charge in [0.1, 0.15) is 5.78 Å². The molecule has 1 aliphatic carbocycles. The highest BCUT2D eigenvalue weighted by molar-refractivity contribution is 5.84. The van der Waals surface area contributed by atoms with E-state index in [1.165, 1.54) is 19.3 Å². The molecule has 0 aromatic rings. The fourth-order valence-electron chi connectivity index (χ4n) is 3.90. The molecule has 0 bridgehead atoms. The lowest BCUT2D eigenvalue weighted by molar-refractivity contribution is -0.137. The van der Waals surface area contributed by atoms with Gasteiger partial charge in [0.15, 0.2) is 0 Å². The molecule has 3 N–H and O–H groups in total. The third kappa shape index (κ3) is 9.65.